The van der Waals surface area contributed by atoms with Gasteiger partial charge < -0.3 is 10.1 Å². The number of nitrogens with one attached hydrogen (secondary N) is 1. The van der Waals surface area contributed by atoms with Crippen molar-refractivity contribution in [3.05, 3.63) is 30.1 Å². The standard InChI is InChI=1S/C19H26FNO3S/c1-13-4-3-5-17(14(13)2)21-18(22)12-24-19(23)10-11-25-16-8-6-15(20)7-9-16/h6-9,13-14,17H,3-5,10-12H2,1-2H3,(H,21,22)/t13-,14-,17-/m1/s1. The predicted octanol–water partition coefficient (Wildman–Crippen LogP) is 3.79. The highest BCUT2D eigenvalue weighted by atomic mass is 32.2. The largest absolute Gasteiger partial charge is 0.456 e. The third-order valence-electron chi connectivity index (χ3n) is 4.81. The summed E-state index contributed by atoms with van der Waals surface area (Å²) >= 11 is 1.45. The minimum absolute atomic E-state index is 0.170. The molecule has 0 unspecified atom stereocenters. The van der Waals surface area contributed by atoms with Crippen molar-refractivity contribution in [1.82, 2.24) is 5.32 Å². The van der Waals surface area contributed by atoms with Gasteiger partial charge in [0.2, 0.25) is 0 Å². The minimum Gasteiger partial charge on any atom is -0.456 e. The minimum atomic E-state index is -0.394. The summed E-state index contributed by atoms with van der Waals surface area (Å²) in [5.41, 5.74) is 0. The van der Waals surface area contributed by atoms with Crippen molar-refractivity contribution >= 4 is 23.6 Å². The molecule has 1 N–H and O–H groups in total. The van der Waals surface area contributed by atoms with Crippen LogP contribution < -0.4 is 5.32 Å². The Bertz CT molecular complexity index is 579. The van der Waals surface area contributed by atoms with Gasteiger partial charge in [-0.2, -0.15) is 0 Å². The number of ether oxygens (including phenoxy) is 1. The maximum absolute atomic E-state index is 12.8. The Kier molecular flexibility index (Phi) is 7.75. The van der Waals surface area contributed by atoms with Crippen LogP contribution >= 0.6 is 11.8 Å². The normalized spacial score (nSPS) is 23.1. The summed E-state index contributed by atoms with van der Waals surface area (Å²) in [6.45, 7) is 4.15. The van der Waals surface area contributed by atoms with Gasteiger partial charge in [-0.05, 0) is 42.5 Å². The molecule has 2 rings (SSSR count). The van der Waals surface area contributed by atoms with E-state index in [0.29, 0.717) is 17.6 Å². The van der Waals surface area contributed by atoms with Crippen LogP contribution in [0.15, 0.2) is 29.2 Å². The number of thioether (sulfide) groups is 1. The molecular weight excluding hydrogens is 341 g/mol. The zero-order valence-corrected chi connectivity index (χ0v) is 15.6. The lowest BCUT2D eigenvalue weighted by Gasteiger charge is -2.34. The van der Waals surface area contributed by atoms with E-state index in [1.165, 1.54) is 30.3 Å². The summed E-state index contributed by atoms with van der Waals surface area (Å²) in [5.74, 6) is 0.672. The Morgan fingerprint density at radius 1 is 1.24 bits per heavy atom. The van der Waals surface area contributed by atoms with Gasteiger partial charge in [-0.15, -0.1) is 11.8 Å². The SMILES string of the molecule is C[C@@H]1[C@H](C)CCC[C@H]1NC(=O)COC(=O)CCSc1ccc(F)cc1. The van der Waals surface area contributed by atoms with Crippen molar-refractivity contribution in [3.63, 3.8) is 0 Å². The third-order valence-corrected chi connectivity index (χ3v) is 5.82. The van der Waals surface area contributed by atoms with Gasteiger partial charge in [0.05, 0.1) is 6.42 Å². The molecule has 0 aliphatic heterocycles. The quantitative estimate of drug-likeness (QED) is 0.588. The van der Waals surface area contributed by atoms with Gasteiger partial charge >= 0.3 is 5.97 Å². The fraction of sp³-hybridized carbons (Fsp3) is 0.579. The van der Waals surface area contributed by atoms with Crippen molar-refractivity contribution in [3.8, 4) is 0 Å². The van der Waals surface area contributed by atoms with Crippen molar-refractivity contribution in [2.75, 3.05) is 12.4 Å². The second-order valence-electron chi connectivity index (χ2n) is 6.65. The second-order valence-corrected chi connectivity index (χ2v) is 7.82. The van der Waals surface area contributed by atoms with Crippen LogP contribution in [0.4, 0.5) is 4.39 Å². The summed E-state index contributed by atoms with van der Waals surface area (Å²) in [5, 5.41) is 2.98. The van der Waals surface area contributed by atoms with Gasteiger partial charge in [0.15, 0.2) is 6.61 Å². The van der Waals surface area contributed by atoms with Gasteiger partial charge in [0, 0.05) is 16.7 Å². The molecule has 1 aromatic rings. The van der Waals surface area contributed by atoms with E-state index in [-0.39, 0.29) is 30.8 Å². The van der Waals surface area contributed by atoms with E-state index in [1.807, 2.05) is 0 Å². The highest BCUT2D eigenvalue weighted by Crippen LogP contribution is 2.29. The van der Waals surface area contributed by atoms with Gasteiger partial charge in [0.1, 0.15) is 5.82 Å². The fourth-order valence-corrected chi connectivity index (χ4v) is 3.87. The maximum atomic E-state index is 12.8. The molecule has 3 atom stereocenters. The maximum Gasteiger partial charge on any atom is 0.307 e. The first-order chi connectivity index (χ1) is 12.0. The number of benzene rings is 1. The van der Waals surface area contributed by atoms with Crippen LogP contribution in [-0.4, -0.2) is 30.3 Å². The van der Waals surface area contributed by atoms with Crippen molar-refractivity contribution in [2.24, 2.45) is 11.8 Å². The molecule has 0 saturated heterocycles. The van der Waals surface area contributed by atoms with Crippen molar-refractivity contribution in [2.45, 2.75) is 50.5 Å². The third kappa shape index (κ3) is 6.69. The van der Waals surface area contributed by atoms with E-state index in [2.05, 4.69) is 19.2 Å². The summed E-state index contributed by atoms with van der Waals surface area (Å²) in [6.07, 6.45) is 3.52. The van der Waals surface area contributed by atoms with Crippen LogP contribution in [0, 0.1) is 17.7 Å². The average molecular weight is 367 g/mol. The van der Waals surface area contributed by atoms with E-state index < -0.39 is 5.97 Å². The molecule has 138 valence electrons. The van der Waals surface area contributed by atoms with Gasteiger partial charge in [-0.1, -0.05) is 26.7 Å². The lowest BCUT2D eigenvalue weighted by molar-refractivity contribution is -0.148. The molecule has 25 heavy (non-hydrogen) atoms. The van der Waals surface area contributed by atoms with Crippen LogP contribution in [0.5, 0.6) is 0 Å². The first kappa shape index (κ1) is 19.8. The van der Waals surface area contributed by atoms with Crippen LogP contribution in [0.1, 0.15) is 39.5 Å². The number of amides is 1. The van der Waals surface area contributed by atoms with Gasteiger partial charge in [-0.25, -0.2) is 4.39 Å². The topological polar surface area (TPSA) is 55.4 Å². The molecule has 0 spiro atoms. The molecule has 0 radical (unpaired) electrons. The first-order valence-corrected chi connectivity index (χ1v) is 9.77. The molecule has 1 aliphatic rings. The predicted molar refractivity (Wildman–Crippen MR) is 96.8 cm³/mol. The Labute approximate surface area is 152 Å². The molecule has 1 saturated carbocycles. The molecule has 1 amide bonds. The number of rotatable bonds is 7. The van der Waals surface area contributed by atoms with E-state index in [9.17, 15) is 14.0 Å². The number of halogens is 1. The molecule has 0 aromatic heterocycles. The molecule has 1 aliphatic carbocycles. The highest BCUT2D eigenvalue weighted by molar-refractivity contribution is 7.99. The molecule has 1 fully saturated rings. The monoisotopic (exact) mass is 367 g/mol. The van der Waals surface area contributed by atoms with Crippen LogP contribution in [0.3, 0.4) is 0 Å². The Balaban J connectivity index is 1.62. The number of hydrogen-bond acceptors (Lipinski definition) is 4. The summed E-state index contributed by atoms with van der Waals surface area (Å²) in [6, 6.07) is 6.29. The zero-order valence-electron chi connectivity index (χ0n) is 14.8. The van der Waals surface area contributed by atoms with E-state index in [0.717, 1.165) is 17.7 Å². The summed E-state index contributed by atoms with van der Waals surface area (Å²) in [4.78, 5) is 24.6. The molecule has 1 aromatic carbocycles. The molecule has 0 bridgehead atoms. The van der Waals surface area contributed by atoms with E-state index in [1.54, 1.807) is 12.1 Å². The Morgan fingerprint density at radius 2 is 1.96 bits per heavy atom. The molecular formula is C19H26FNO3S. The number of carbonyl (C=O) groups excluding carboxylic acids is 2. The van der Waals surface area contributed by atoms with Crippen LogP contribution in [-0.2, 0) is 14.3 Å². The summed E-state index contributed by atoms with van der Waals surface area (Å²) < 4.78 is 17.8. The number of esters is 1. The molecule has 6 heteroatoms. The smallest absolute Gasteiger partial charge is 0.307 e. The van der Waals surface area contributed by atoms with Gasteiger partial charge in [-0.3, -0.25) is 9.59 Å². The van der Waals surface area contributed by atoms with Crippen LogP contribution in [0.25, 0.3) is 0 Å². The van der Waals surface area contributed by atoms with E-state index in [4.69, 9.17) is 4.74 Å². The zero-order chi connectivity index (χ0) is 18.2. The van der Waals surface area contributed by atoms with E-state index >= 15 is 0 Å². The van der Waals surface area contributed by atoms with Gasteiger partial charge in [0.25, 0.3) is 5.91 Å². The Morgan fingerprint density at radius 3 is 2.68 bits per heavy atom. The average Bonchev–Trinajstić information content (AvgIpc) is 2.59. The fourth-order valence-electron chi connectivity index (χ4n) is 3.04. The molecule has 0 heterocycles. The Hall–Kier alpha value is -1.56. The summed E-state index contributed by atoms with van der Waals surface area (Å²) in [7, 11) is 0. The van der Waals surface area contributed by atoms with Crippen LogP contribution in [0.2, 0.25) is 0 Å². The van der Waals surface area contributed by atoms with Crippen molar-refractivity contribution < 1.29 is 18.7 Å². The lowest BCUT2D eigenvalue weighted by Crippen LogP contribution is -2.45. The van der Waals surface area contributed by atoms with Crippen molar-refractivity contribution in [1.29, 1.82) is 0 Å². The molecule has 4 nitrogen and oxygen atoms in total. The highest BCUT2D eigenvalue weighted by Gasteiger charge is 2.28. The first-order valence-electron chi connectivity index (χ1n) is 8.79. The lowest BCUT2D eigenvalue weighted by atomic mass is 9.78. The number of carbonyl (C=O) groups is 2. The number of hydrogen-bond donors (Lipinski definition) is 1. The second kappa shape index (κ2) is 9.80.